The third-order valence-electron chi connectivity index (χ3n) is 3.54. The van der Waals surface area contributed by atoms with Crippen molar-refractivity contribution in [3.05, 3.63) is 52.3 Å². The standard InChI is InChI=1S/C14H13FN2O/c15-12-8-16-14(18)17-13(12)11-6-4-10(5-7-11)9-2-1-3-9/h4-9H,1-3H2,(H,16,17,18). The average molecular weight is 244 g/mol. The lowest BCUT2D eigenvalue weighted by Crippen LogP contribution is -2.12. The lowest BCUT2D eigenvalue weighted by atomic mass is 9.80. The van der Waals surface area contributed by atoms with E-state index < -0.39 is 11.5 Å². The van der Waals surface area contributed by atoms with Crippen LogP contribution in [-0.4, -0.2) is 9.97 Å². The highest BCUT2D eigenvalue weighted by molar-refractivity contribution is 5.59. The summed E-state index contributed by atoms with van der Waals surface area (Å²) in [5.74, 6) is 0.145. The number of hydrogen-bond donors (Lipinski definition) is 1. The van der Waals surface area contributed by atoms with Gasteiger partial charge in [0.15, 0.2) is 5.82 Å². The SMILES string of the molecule is O=c1ncc(F)c(-c2ccc(C3CCC3)cc2)[nH]1. The van der Waals surface area contributed by atoms with Gasteiger partial charge in [0.2, 0.25) is 0 Å². The highest BCUT2D eigenvalue weighted by atomic mass is 19.1. The minimum absolute atomic E-state index is 0.204. The van der Waals surface area contributed by atoms with E-state index >= 15 is 0 Å². The topological polar surface area (TPSA) is 45.8 Å². The van der Waals surface area contributed by atoms with E-state index in [0.717, 1.165) is 6.20 Å². The fourth-order valence-corrected chi connectivity index (χ4v) is 2.25. The van der Waals surface area contributed by atoms with Gasteiger partial charge in [0.1, 0.15) is 0 Å². The van der Waals surface area contributed by atoms with E-state index in [4.69, 9.17) is 0 Å². The van der Waals surface area contributed by atoms with Crippen LogP contribution >= 0.6 is 0 Å². The number of hydrogen-bond acceptors (Lipinski definition) is 2. The fourth-order valence-electron chi connectivity index (χ4n) is 2.25. The number of nitrogens with one attached hydrogen (secondary N) is 1. The van der Waals surface area contributed by atoms with E-state index in [0.29, 0.717) is 11.5 Å². The molecule has 0 atom stereocenters. The van der Waals surface area contributed by atoms with Gasteiger partial charge in [-0.2, -0.15) is 4.98 Å². The molecular formula is C14H13FN2O. The Bertz CT molecular complexity index is 614. The van der Waals surface area contributed by atoms with Gasteiger partial charge < -0.3 is 4.98 Å². The van der Waals surface area contributed by atoms with Crippen molar-refractivity contribution in [3.8, 4) is 11.3 Å². The number of rotatable bonds is 2. The van der Waals surface area contributed by atoms with E-state index in [1.165, 1.54) is 24.8 Å². The first-order valence-corrected chi connectivity index (χ1v) is 6.09. The number of H-pyrrole nitrogens is 1. The molecule has 1 aliphatic carbocycles. The number of nitrogens with zero attached hydrogens (tertiary/aromatic N) is 1. The van der Waals surface area contributed by atoms with Crippen molar-refractivity contribution >= 4 is 0 Å². The number of benzene rings is 1. The summed E-state index contributed by atoms with van der Waals surface area (Å²) < 4.78 is 13.6. The predicted octanol–water partition coefficient (Wildman–Crippen LogP) is 2.84. The third-order valence-corrected chi connectivity index (χ3v) is 3.54. The zero-order valence-corrected chi connectivity index (χ0v) is 9.82. The first-order valence-electron chi connectivity index (χ1n) is 6.09. The molecule has 0 bridgehead atoms. The van der Waals surface area contributed by atoms with E-state index in [-0.39, 0.29) is 5.69 Å². The Hall–Kier alpha value is -1.97. The van der Waals surface area contributed by atoms with Gasteiger partial charge in [-0.3, -0.25) is 0 Å². The molecule has 18 heavy (non-hydrogen) atoms. The molecule has 0 amide bonds. The van der Waals surface area contributed by atoms with Gasteiger partial charge in [-0.15, -0.1) is 0 Å². The van der Waals surface area contributed by atoms with Crippen molar-refractivity contribution in [1.29, 1.82) is 0 Å². The maximum absolute atomic E-state index is 13.6. The lowest BCUT2D eigenvalue weighted by Gasteiger charge is -2.25. The predicted molar refractivity (Wildman–Crippen MR) is 66.8 cm³/mol. The van der Waals surface area contributed by atoms with Gasteiger partial charge in [0.05, 0.1) is 11.9 Å². The Morgan fingerprint density at radius 1 is 1.22 bits per heavy atom. The van der Waals surface area contributed by atoms with Crippen LogP contribution in [0.1, 0.15) is 30.7 Å². The Balaban J connectivity index is 1.96. The molecule has 1 heterocycles. The second-order valence-electron chi connectivity index (χ2n) is 4.66. The lowest BCUT2D eigenvalue weighted by molar-refractivity contribution is 0.420. The van der Waals surface area contributed by atoms with Gasteiger partial charge in [-0.25, -0.2) is 9.18 Å². The molecule has 1 N–H and O–H groups in total. The molecular weight excluding hydrogens is 231 g/mol. The summed E-state index contributed by atoms with van der Waals surface area (Å²) in [5, 5.41) is 0. The molecule has 4 heteroatoms. The summed E-state index contributed by atoms with van der Waals surface area (Å²) in [6.45, 7) is 0. The van der Waals surface area contributed by atoms with Crippen LogP contribution in [0.15, 0.2) is 35.3 Å². The second kappa shape index (κ2) is 4.37. The fraction of sp³-hybridized carbons (Fsp3) is 0.286. The van der Waals surface area contributed by atoms with Crippen LogP contribution in [0.4, 0.5) is 4.39 Å². The first-order chi connectivity index (χ1) is 8.74. The van der Waals surface area contributed by atoms with Crippen LogP contribution in [0.5, 0.6) is 0 Å². The van der Waals surface area contributed by atoms with Crippen LogP contribution in [0.25, 0.3) is 11.3 Å². The molecule has 1 saturated carbocycles. The molecule has 0 unspecified atom stereocenters. The van der Waals surface area contributed by atoms with Gasteiger partial charge in [0.25, 0.3) is 0 Å². The molecule has 1 fully saturated rings. The zero-order chi connectivity index (χ0) is 12.5. The largest absolute Gasteiger partial charge is 0.345 e. The van der Waals surface area contributed by atoms with E-state index in [1.807, 2.05) is 24.3 Å². The minimum Gasteiger partial charge on any atom is -0.303 e. The van der Waals surface area contributed by atoms with Crippen LogP contribution < -0.4 is 5.69 Å². The van der Waals surface area contributed by atoms with Crippen molar-refractivity contribution in [2.75, 3.05) is 0 Å². The third kappa shape index (κ3) is 1.94. The van der Waals surface area contributed by atoms with Gasteiger partial charge in [0, 0.05) is 5.56 Å². The summed E-state index contributed by atoms with van der Waals surface area (Å²) >= 11 is 0. The van der Waals surface area contributed by atoms with Crippen LogP contribution in [0.2, 0.25) is 0 Å². The Morgan fingerprint density at radius 2 is 1.94 bits per heavy atom. The van der Waals surface area contributed by atoms with Crippen molar-refractivity contribution in [2.45, 2.75) is 25.2 Å². The zero-order valence-electron chi connectivity index (χ0n) is 9.82. The maximum atomic E-state index is 13.6. The smallest absolute Gasteiger partial charge is 0.303 e. The molecule has 1 aromatic carbocycles. The Morgan fingerprint density at radius 3 is 2.56 bits per heavy atom. The molecule has 1 aromatic heterocycles. The van der Waals surface area contributed by atoms with Crippen LogP contribution in [0.3, 0.4) is 0 Å². The van der Waals surface area contributed by atoms with Gasteiger partial charge >= 0.3 is 5.69 Å². The maximum Gasteiger partial charge on any atom is 0.345 e. The Kier molecular flexibility index (Phi) is 2.70. The van der Waals surface area contributed by atoms with Crippen molar-refractivity contribution in [2.24, 2.45) is 0 Å². The van der Waals surface area contributed by atoms with E-state index in [9.17, 15) is 9.18 Å². The number of aromatic nitrogens is 2. The molecule has 0 spiro atoms. The molecule has 1 aliphatic rings. The van der Waals surface area contributed by atoms with Crippen molar-refractivity contribution in [3.63, 3.8) is 0 Å². The van der Waals surface area contributed by atoms with Crippen molar-refractivity contribution < 1.29 is 4.39 Å². The number of halogens is 1. The summed E-state index contributed by atoms with van der Waals surface area (Å²) in [4.78, 5) is 16.9. The molecule has 3 nitrogen and oxygen atoms in total. The number of aromatic amines is 1. The summed E-state index contributed by atoms with van der Waals surface area (Å²) in [5.41, 5.74) is 1.64. The Labute approximate surface area is 104 Å². The van der Waals surface area contributed by atoms with Gasteiger partial charge in [-0.1, -0.05) is 30.7 Å². The van der Waals surface area contributed by atoms with Crippen molar-refractivity contribution in [1.82, 2.24) is 9.97 Å². The second-order valence-corrected chi connectivity index (χ2v) is 4.66. The summed E-state index contributed by atoms with van der Waals surface area (Å²) in [7, 11) is 0. The molecule has 0 radical (unpaired) electrons. The summed E-state index contributed by atoms with van der Waals surface area (Å²) in [6, 6.07) is 7.72. The molecule has 2 aromatic rings. The van der Waals surface area contributed by atoms with E-state index in [2.05, 4.69) is 9.97 Å². The van der Waals surface area contributed by atoms with Crippen LogP contribution in [0, 0.1) is 5.82 Å². The van der Waals surface area contributed by atoms with E-state index in [1.54, 1.807) is 0 Å². The minimum atomic E-state index is -0.533. The highest BCUT2D eigenvalue weighted by Gasteiger charge is 2.19. The molecule has 92 valence electrons. The highest BCUT2D eigenvalue weighted by Crippen LogP contribution is 2.36. The normalized spacial score (nSPS) is 15.4. The molecule has 3 rings (SSSR count). The quantitative estimate of drug-likeness (QED) is 0.882. The average Bonchev–Trinajstić information content (AvgIpc) is 2.31. The molecule has 0 saturated heterocycles. The molecule has 0 aliphatic heterocycles. The summed E-state index contributed by atoms with van der Waals surface area (Å²) in [6.07, 6.45) is 4.71. The first kappa shape index (κ1) is 11.1. The monoisotopic (exact) mass is 244 g/mol. The van der Waals surface area contributed by atoms with Gasteiger partial charge in [-0.05, 0) is 24.3 Å². The van der Waals surface area contributed by atoms with Crippen LogP contribution in [-0.2, 0) is 0 Å².